The lowest BCUT2D eigenvalue weighted by Gasteiger charge is -2.17. The summed E-state index contributed by atoms with van der Waals surface area (Å²) in [7, 11) is 0. The van der Waals surface area contributed by atoms with Crippen LogP contribution in [0.5, 0.6) is 0 Å². The molecule has 0 spiro atoms. The lowest BCUT2D eigenvalue weighted by molar-refractivity contribution is 0.0365. The lowest BCUT2D eigenvalue weighted by atomic mass is 10.0. The minimum absolute atomic E-state index is 0.340. The molecule has 0 aliphatic rings. The van der Waals surface area contributed by atoms with Crippen molar-refractivity contribution in [3.63, 3.8) is 0 Å². The van der Waals surface area contributed by atoms with Crippen molar-refractivity contribution >= 4 is 0 Å². The second kappa shape index (κ2) is 15.0. The van der Waals surface area contributed by atoms with Crippen LogP contribution in [0, 0.1) is 0 Å². The average molecular weight is 258 g/mol. The lowest BCUT2D eigenvalue weighted by Crippen LogP contribution is -2.14. The first-order valence-electron chi connectivity index (χ1n) is 8.07. The molecule has 0 bridgehead atoms. The van der Waals surface area contributed by atoms with Gasteiger partial charge < -0.3 is 9.84 Å². The van der Waals surface area contributed by atoms with Gasteiger partial charge in [-0.1, -0.05) is 58.8 Å². The van der Waals surface area contributed by atoms with Crippen molar-refractivity contribution in [1.29, 1.82) is 0 Å². The Kier molecular flexibility index (Phi) is 14.9. The van der Waals surface area contributed by atoms with Crippen LogP contribution in [-0.4, -0.2) is 24.4 Å². The van der Waals surface area contributed by atoms with Crippen LogP contribution in [0.1, 0.15) is 84.5 Å². The molecule has 0 saturated heterocycles. The quantitative estimate of drug-likeness (QED) is 0.458. The highest BCUT2D eigenvalue weighted by Crippen LogP contribution is 2.15. The molecule has 0 rings (SSSR count). The number of aliphatic hydroxyl groups is 1. The van der Waals surface area contributed by atoms with Crippen LogP contribution in [0.2, 0.25) is 0 Å². The smallest absolute Gasteiger partial charge is 0.0575 e. The maximum Gasteiger partial charge on any atom is 0.0575 e. The van der Waals surface area contributed by atoms with Gasteiger partial charge in [0, 0.05) is 13.2 Å². The summed E-state index contributed by atoms with van der Waals surface area (Å²) in [6.45, 7) is 5.74. The van der Waals surface area contributed by atoms with Crippen molar-refractivity contribution in [3.05, 3.63) is 0 Å². The molecule has 1 N–H and O–H groups in total. The van der Waals surface area contributed by atoms with Crippen molar-refractivity contribution in [3.8, 4) is 0 Å². The van der Waals surface area contributed by atoms with Gasteiger partial charge in [-0.15, -0.1) is 0 Å². The number of ether oxygens (including phenoxy) is 1. The van der Waals surface area contributed by atoms with Crippen LogP contribution >= 0.6 is 0 Å². The molecule has 0 saturated carbocycles. The van der Waals surface area contributed by atoms with Crippen molar-refractivity contribution in [2.45, 2.75) is 90.6 Å². The van der Waals surface area contributed by atoms with Gasteiger partial charge in [0.25, 0.3) is 0 Å². The Balaban J connectivity index is 3.60. The van der Waals surface area contributed by atoms with Gasteiger partial charge >= 0.3 is 0 Å². The predicted octanol–water partition coefficient (Wildman–Crippen LogP) is 4.69. The topological polar surface area (TPSA) is 29.5 Å². The zero-order chi connectivity index (χ0) is 13.5. The molecule has 110 valence electrons. The summed E-state index contributed by atoms with van der Waals surface area (Å²) in [5.74, 6) is 0. The van der Waals surface area contributed by atoms with Crippen LogP contribution in [0.15, 0.2) is 0 Å². The van der Waals surface area contributed by atoms with E-state index in [0.29, 0.717) is 12.7 Å². The molecule has 2 heteroatoms. The Hall–Kier alpha value is -0.0800. The minimum Gasteiger partial charge on any atom is -0.396 e. The molecule has 0 aromatic carbocycles. The minimum atomic E-state index is 0.340. The Labute approximate surface area is 114 Å². The molecule has 0 aromatic rings. The first kappa shape index (κ1) is 17.9. The van der Waals surface area contributed by atoms with Crippen molar-refractivity contribution < 1.29 is 9.84 Å². The van der Waals surface area contributed by atoms with Gasteiger partial charge in [-0.05, 0) is 25.7 Å². The van der Waals surface area contributed by atoms with Gasteiger partial charge in [-0.2, -0.15) is 0 Å². The summed E-state index contributed by atoms with van der Waals surface area (Å²) in [4.78, 5) is 0. The molecule has 0 fully saturated rings. The van der Waals surface area contributed by atoms with E-state index < -0.39 is 0 Å². The fourth-order valence-corrected chi connectivity index (χ4v) is 2.16. The third-order valence-corrected chi connectivity index (χ3v) is 3.42. The number of hydrogen-bond donors (Lipinski definition) is 1. The summed E-state index contributed by atoms with van der Waals surface area (Å²) in [5, 5.41) is 8.74. The Morgan fingerprint density at radius 1 is 0.778 bits per heavy atom. The monoisotopic (exact) mass is 258 g/mol. The van der Waals surface area contributed by atoms with E-state index in [1.54, 1.807) is 0 Å². The van der Waals surface area contributed by atoms with E-state index in [0.717, 1.165) is 19.4 Å². The predicted molar refractivity (Wildman–Crippen MR) is 79.0 cm³/mol. The molecular weight excluding hydrogens is 224 g/mol. The van der Waals surface area contributed by atoms with Crippen LogP contribution in [0.4, 0.5) is 0 Å². The Morgan fingerprint density at radius 2 is 1.39 bits per heavy atom. The molecule has 0 aliphatic carbocycles. The Morgan fingerprint density at radius 3 is 2.00 bits per heavy atom. The number of hydrogen-bond acceptors (Lipinski definition) is 2. The van der Waals surface area contributed by atoms with Crippen molar-refractivity contribution in [2.75, 3.05) is 13.2 Å². The van der Waals surface area contributed by atoms with E-state index >= 15 is 0 Å². The van der Waals surface area contributed by atoms with Gasteiger partial charge in [0.15, 0.2) is 0 Å². The van der Waals surface area contributed by atoms with Crippen molar-refractivity contribution in [1.82, 2.24) is 0 Å². The zero-order valence-electron chi connectivity index (χ0n) is 12.6. The maximum atomic E-state index is 8.74. The van der Waals surface area contributed by atoms with Gasteiger partial charge in [-0.3, -0.25) is 0 Å². The maximum absolute atomic E-state index is 8.74. The zero-order valence-corrected chi connectivity index (χ0v) is 12.6. The molecule has 0 heterocycles. The third kappa shape index (κ3) is 12.4. The van der Waals surface area contributed by atoms with E-state index in [9.17, 15) is 0 Å². The fraction of sp³-hybridized carbons (Fsp3) is 1.00. The molecule has 18 heavy (non-hydrogen) atoms. The van der Waals surface area contributed by atoms with Gasteiger partial charge in [0.1, 0.15) is 0 Å². The third-order valence-electron chi connectivity index (χ3n) is 3.42. The van der Waals surface area contributed by atoms with Gasteiger partial charge in [0.05, 0.1) is 6.10 Å². The van der Waals surface area contributed by atoms with Crippen LogP contribution in [0.3, 0.4) is 0 Å². The highest BCUT2D eigenvalue weighted by atomic mass is 16.5. The number of rotatable bonds is 14. The second-order valence-electron chi connectivity index (χ2n) is 5.27. The van der Waals surface area contributed by atoms with Crippen LogP contribution < -0.4 is 0 Å². The summed E-state index contributed by atoms with van der Waals surface area (Å²) >= 11 is 0. The van der Waals surface area contributed by atoms with E-state index in [2.05, 4.69) is 13.8 Å². The molecule has 1 unspecified atom stereocenters. The normalized spacial score (nSPS) is 12.8. The average Bonchev–Trinajstić information content (AvgIpc) is 2.38. The van der Waals surface area contributed by atoms with E-state index in [1.165, 1.54) is 57.8 Å². The molecule has 0 aliphatic heterocycles. The van der Waals surface area contributed by atoms with E-state index in [-0.39, 0.29) is 0 Å². The Bertz CT molecular complexity index is 138. The second-order valence-corrected chi connectivity index (χ2v) is 5.27. The summed E-state index contributed by atoms with van der Waals surface area (Å²) < 4.78 is 5.99. The molecule has 1 atom stereocenters. The first-order chi connectivity index (χ1) is 8.85. The summed E-state index contributed by atoms with van der Waals surface area (Å²) in [5.41, 5.74) is 0. The number of aliphatic hydroxyl groups excluding tert-OH is 1. The van der Waals surface area contributed by atoms with Gasteiger partial charge in [0.2, 0.25) is 0 Å². The highest BCUT2D eigenvalue weighted by Gasteiger charge is 2.08. The fourth-order valence-electron chi connectivity index (χ4n) is 2.16. The van der Waals surface area contributed by atoms with E-state index in [1.807, 2.05) is 0 Å². The first-order valence-corrected chi connectivity index (χ1v) is 8.07. The molecule has 0 aromatic heterocycles. The summed E-state index contributed by atoms with van der Waals surface area (Å²) in [6, 6.07) is 0. The number of unbranched alkanes of at least 4 members (excludes halogenated alkanes) is 6. The van der Waals surface area contributed by atoms with Crippen LogP contribution in [-0.2, 0) is 4.74 Å². The molecule has 0 amide bonds. The van der Waals surface area contributed by atoms with Gasteiger partial charge in [-0.25, -0.2) is 0 Å². The van der Waals surface area contributed by atoms with Crippen LogP contribution in [0.25, 0.3) is 0 Å². The standard InChI is InChI=1S/C16H34O2/c1-3-5-9-12-16(18-15-6-4-2)13-10-7-8-11-14-17/h16-17H,3-15H2,1-2H3. The largest absolute Gasteiger partial charge is 0.396 e. The summed E-state index contributed by atoms with van der Waals surface area (Å²) in [6.07, 6.45) is 13.9. The molecular formula is C16H34O2. The molecule has 2 nitrogen and oxygen atoms in total. The van der Waals surface area contributed by atoms with Crippen molar-refractivity contribution in [2.24, 2.45) is 0 Å². The van der Waals surface area contributed by atoms with E-state index in [4.69, 9.17) is 9.84 Å². The molecule has 0 radical (unpaired) electrons. The SMILES string of the molecule is CCCCCC(CCCCCCO)OCCCC. The highest BCUT2D eigenvalue weighted by molar-refractivity contribution is 4.60.